The van der Waals surface area contributed by atoms with Gasteiger partial charge in [-0.3, -0.25) is 4.99 Å². The van der Waals surface area contributed by atoms with Crippen molar-refractivity contribution in [2.45, 2.75) is 39.5 Å². The summed E-state index contributed by atoms with van der Waals surface area (Å²) in [5.74, 6) is 0. The molecule has 0 aromatic heterocycles. The van der Waals surface area contributed by atoms with Crippen LogP contribution < -0.4 is 0 Å². The molecule has 11 heavy (non-hydrogen) atoms. The molecule has 1 aliphatic carbocycles. The Balaban J connectivity index is 2.36. The predicted molar refractivity (Wildman–Crippen MR) is 50.2 cm³/mol. The summed E-state index contributed by atoms with van der Waals surface area (Å²) < 4.78 is 0. The molecule has 0 aromatic carbocycles. The molecule has 1 nitrogen and oxygen atoms in total. The zero-order chi connectivity index (χ0) is 8.10. The van der Waals surface area contributed by atoms with E-state index in [-0.39, 0.29) is 0 Å². The zero-order valence-corrected chi connectivity index (χ0v) is 7.56. The maximum atomic E-state index is 4.40. The summed E-state index contributed by atoms with van der Waals surface area (Å²) in [6.07, 6.45) is 7.64. The minimum absolute atomic E-state index is 0.947. The number of allylic oxidation sites excluding steroid dienone is 1. The van der Waals surface area contributed by atoms with Crippen LogP contribution in [0.5, 0.6) is 0 Å². The molecule has 0 aromatic rings. The van der Waals surface area contributed by atoms with Gasteiger partial charge in [-0.25, -0.2) is 0 Å². The Bertz CT molecular complexity index is 173. The summed E-state index contributed by atoms with van der Waals surface area (Å²) in [7, 11) is 0. The summed E-state index contributed by atoms with van der Waals surface area (Å²) in [6.45, 7) is 5.06. The maximum Gasteiger partial charge on any atom is 0.0598 e. The fourth-order valence-corrected chi connectivity index (χ4v) is 1.31. The van der Waals surface area contributed by atoms with Gasteiger partial charge < -0.3 is 0 Å². The van der Waals surface area contributed by atoms with Gasteiger partial charge in [0.2, 0.25) is 0 Å². The van der Waals surface area contributed by atoms with Gasteiger partial charge in [-0.15, -0.1) is 0 Å². The van der Waals surface area contributed by atoms with E-state index < -0.39 is 0 Å². The van der Waals surface area contributed by atoms with Crippen LogP contribution in [0.15, 0.2) is 16.6 Å². The highest BCUT2D eigenvalue weighted by Crippen LogP contribution is 2.17. The van der Waals surface area contributed by atoms with Gasteiger partial charge in [-0.05, 0) is 39.5 Å². The first kappa shape index (κ1) is 8.51. The van der Waals surface area contributed by atoms with Gasteiger partial charge in [0.15, 0.2) is 0 Å². The topological polar surface area (TPSA) is 12.4 Å². The maximum absolute atomic E-state index is 4.40. The van der Waals surface area contributed by atoms with Gasteiger partial charge in [0.25, 0.3) is 0 Å². The number of rotatable bonds is 2. The van der Waals surface area contributed by atoms with Crippen LogP contribution in [0.25, 0.3) is 0 Å². The van der Waals surface area contributed by atoms with Crippen molar-refractivity contribution in [3.63, 3.8) is 0 Å². The molecular weight excluding hydrogens is 134 g/mol. The summed E-state index contributed by atoms with van der Waals surface area (Å²) in [5.41, 5.74) is 2.73. The van der Waals surface area contributed by atoms with Crippen molar-refractivity contribution in [2.75, 3.05) is 6.54 Å². The molecule has 1 aliphatic rings. The highest BCUT2D eigenvalue weighted by molar-refractivity contribution is 5.79. The Morgan fingerprint density at radius 3 is 2.82 bits per heavy atom. The highest BCUT2D eigenvalue weighted by Gasteiger charge is 2.01. The van der Waals surface area contributed by atoms with Crippen LogP contribution in [0.4, 0.5) is 0 Å². The molecule has 0 fully saturated rings. The van der Waals surface area contributed by atoms with Crippen molar-refractivity contribution in [2.24, 2.45) is 4.99 Å². The molecule has 0 radical (unpaired) electrons. The van der Waals surface area contributed by atoms with Crippen LogP contribution in [0.3, 0.4) is 0 Å². The standard InChI is InChI=1S/C10H17N/c1-9(2)11-8-10-6-4-3-5-7-10/h6H,3-5,7-8H2,1-2H3. The second-order valence-corrected chi connectivity index (χ2v) is 3.37. The molecule has 0 atom stereocenters. The van der Waals surface area contributed by atoms with E-state index in [0.29, 0.717) is 0 Å². The van der Waals surface area contributed by atoms with Crippen LogP contribution in [0.1, 0.15) is 39.5 Å². The minimum atomic E-state index is 0.947. The molecule has 62 valence electrons. The van der Waals surface area contributed by atoms with E-state index in [2.05, 4.69) is 24.9 Å². The van der Waals surface area contributed by atoms with Crippen molar-refractivity contribution in [3.05, 3.63) is 11.6 Å². The van der Waals surface area contributed by atoms with Gasteiger partial charge in [-0.2, -0.15) is 0 Å². The molecule has 0 saturated heterocycles. The average Bonchev–Trinajstić information content (AvgIpc) is 2.03. The van der Waals surface area contributed by atoms with Crippen LogP contribution in [0, 0.1) is 0 Å². The third-order valence-electron chi connectivity index (χ3n) is 1.98. The SMILES string of the molecule is CC(C)=NCC1=CCCCC1. The average molecular weight is 151 g/mol. The van der Waals surface area contributed by atoms with Crippen molar-refractivity contribution in [3.8, 4) is 0 Å². The monoisotopic (exact) mass is 151 g/mol. The van der Waals surface area contributed by atoms with Crippen LogP contribution >= 0.6 is 0 Å². The molecule has 0 heterocycles. The number of aliphatic imine (C=N–C) groups is 1. The Hall–Kier alpha value is -0.590. The molecule has 0 spiro atoms. The molecule has 0 amide bonds. The van der Waals surface area contributed by atoms with E-state index in [0.717, 1.165) is 6.54 Å². The summed E-state index contributed by atoms with van der Waals surface area (Å²) in [5, 5.41) is 0. The first-order valence-corrected chi connectivity index (χ1v) is 4.44. The quantitative estimate of drug-likeness (QED) is 0.425. The largest absolute Gasteiger partial charge is 0.290 e. The first-order valence-electron chi connectivity index (χ1n) is 4.44. The van der Waals surface area contributed by atoms with Gasteiger partial charge in [0, 0.05) is 5.71 Å². The van der Waals surface area contributed by atoms with Crippen LogP contribution in [-0.2, 0) is 0 Å². The molecule has 1 heteroatoms. The van der Waals surface area contributed by atoms with Gasteiger partial charge in [0.1, 0.15) is 0 Å². The third-order valence-corrected chi connectivity index (χ3v) is 1.98. The second-order valence-electron chi connectivity index (χ2n) is 3.37. The molecule has 1 rings (SSSR count). The zero-order valence-electron chi connectivity index (χ0n) is 7.56. The lowest BCUT2D eigenvalue weighted by atomic mass is 10.00. The Morgan fingerprint density at radius 2 is 2.27 bits per heavy atom. The van der Waals surface area contributed by atoms with Crippen molar-refractivity contribution in [1.82, 2.24) is 0 Å². The number of nitrogens with zero attached hydrogens (tertiary/aromatic N) is 1. The van der Waals surface area contributed by atoms with E-state index in [9.17, 15) is 0 Å². The summed E-state index contributed by atoms with van der Waals surface area (Å²) >= 11 is 0. The molecule has 0 bridgehead atoms. The molecule has 0 N–H and O–H groups in total. The van der Waals surface area contributed by atoms with Crippen molar-refractivity contribution < 1.29 is 0 Å². The number of hydrogen-bond acceptors (Lipinski definition) is 1. The normalized spacial score (nSPS) is 17.5. The van der Waals surface area contributed by atoms with Crippen molar-refractivity contribution >= 4 is 5.71 Å². The van der Waals surface area contributed by atoms with Crippen molar-refractivity contribution in [1.29, 1.82) is 0 Å². The van der Waals surface area contributed by atoms with E-state index in [1.165, 1.54) is 37.0 Å². The predicted octanol–water partition coefficient (Wildman–Crippen LogP) is 2.97. The lowest BCUT2D eigenvalue weighted by molar-refractivity contribution is 0.691. The first-order chi connectivity index (χ1) is 5.29. The fraction of sp³-hybridized carbons (Fsp3) is 0.700. The van der Waals surface area contributed by atoms with E-state index >= 15 is 0 Å². The third kappa shape index (κ3) is 3.35. The smallest absolute Gasteiger partial charge is 0.0598 e. The number of hydrogen-bond donors (Lipinski definition) is 0. The Kier molecular flexibility index (Phi) is 3.34. The second kappa shape index (κ2) is 4.32. The lowest BCUT2D eigenvalue weighted by Crippen LogP contribution is -1.96. The van der Waals surface area contributed by atoms with E-state index in [4.69, 9.17) is 0 Å². The molecular formula is C10H17N. The van der Waals surface area contributed by atoms with E-state index in [1.807, 2.05) is 0 Å². The van der Waals surface area contributed by atoms with Crippen LogP contribution in [-0.4, -0.2) is 12.3 Å². The van der Waals surface area contributed by atoms with E-state index in [1.54, 1.807) is 0 Å². The molecule has 0 unspecified atom stereocenters. The Morgan fingerprint density at radius 1 is 1.45 bits per heavy atom. The van der Waals surface area contributed by atoms with Gasteiger partial charge >= 0.3 is 0 Å². The fourth-order valence-electron chi connectivity index (χ4n) is 1.31. The van der Waals surface area contributed by atoms with Gasteiger partial charge in [0.05, 0.1) is 6.54 Å². The summed E-state index contributed by atoms with van der Waals surface area (Å²) in [6, 6.07) is 0. The highest BCUT2D eigenvalue weighted by atomic mass is 14.7. The Labute approximate surface area is 69.2 Å². The molecule has 0 aliphatic heterocycles. The lowest BCUT2D eigenvalue weighted by Gasteiger charge is -2.09. The minimum Gasteiger partial charge on any atom is -0.290 e. The molecule has 0 saturated carbocycles. The van der Waals surface area contributed by atoms with Gasteiger partial charge in [-0.1, -0.05) is 11.6 Å². The summed E-state index contributed by atoms with van der Waals surface area (Å²) in [4.78, 5) is 4.40. The van der Waals surface area contributed by atoms with Crippen LogP contribution in [0.2, 0.25) is 0 Å².